The average Bonchev–Trinajstić information content (AvgIpc) is 2.85. The number of rotatable bonds is 16. The zero-order valence-electron chi connectivity index (χ0n) is 26.1. The zero-order chi connectivity index (χ0) is 27.5. The molecule has 2 aliphatic heterocycles. The van der Waals surface area contributed by atoms with E-state index in [1.807, 2.05) is 0 Å². The number of nitrogens with zero attached hydrogens (tertiary/aromatic N) is 1. The molecule has 0 amide bonds. The van der Waals surface area contributed by atoms with Crippen molar-refractivity contribution in [1.82, 2.24) is 10.2 Å². The second-order valence-electron chi connectivity index (χ2n) is 14.8. The third-order valence-corrected chi connectivity index (χ3v) is 10.1. The standard InChI is InChI=1S/C32H63N2O3P/c1-30(2)26-35-38(36-27-30)33-23-19-14-12-10-8-7-9-11-13-16-20-28-24-31(3,4)34(32(5,6)25-28)37-29-21-17-15-18-22-29/h28-29,33H,7-27H2,1-6H3. The van der Waals surface area contributed by atoms with Crippen LogP contribution in [-0.2, 0) is 13.9 Å². The summed E-state index contributed by atoms with van der Waals surface area (Å²) in [6.07, 6.45) is 24.7. The summed E-state index contributed by atoms with van der Waals surface area (Å²) < 4.78 is 11.6. The van der Waals surface area contributed by atoms with Gasteiger partial charge in [0.1, 0.15) is 0 Å². The number of hydroxylamine groups is 2. The Balaban J connectivity index is 1.15. The summed E-state index contributed by atoms with van der Waals surface area (Å²) >= 11 is 0. The lowest BCUT2D eigenvalue weighted by molar-refractivity contribution is -0.314. The fraction of sp³-hybridized carbons (Fsp3) is 1.00. The SMILES string of the molecule is CC1(C)COP(NCCCCCCCCCCCCC2CC(C)(C)N(OC3CCCCC3)C(C)(C)C2)OC1. The number of nitrogens with one attached hydrogen (secondary N) is 1. The fourth-order valence-electron chi connectivity index (χ4n) is 7.06. The van der Waals surface area contributed by atoms with Gasteiger partial charge in [0.15, 0.2) is 0 Å². The Morgan fingerprint density at radius 3 is 1.76 bits per heavy atom. The first kappa shape index (κ1) is 32.7. The maximum Gasteiger partial charge on any atom is 0.255 e. The van der Waals surface area contributed by atoms with Gasteiger partial charge in [-0.25, -0.2) is 0 Å². The van der Waals surface area contributed by atoms with Crippen molar-refractivity contribution < 1.29 is 13.9 Å². The molecule has 0 atom stereocenters. The molecular weight excluding hydrogens is 491 g/mol. The van der Waals surface area contributed by atoms with Gasteiger partial charge in [0.05, 0.1) is 19.3 Å². The molecule has 0 unspecified atom stereocenters. The first-order valence-corrected chi connectivity index (χ1v) is 17.5. The summed E-state index contributed by atoms with van der Waals surface area (Å²) in [5, 5.41) is 5.87. The summed E-state index contributed by atoms with van der Waals surface area (Å²) in [5.41, 5.74) is 0.432. The van der Waals surface area contributed by atoms with Crippen LogP contribution in [0.4, 0.5) is 0 Å². The van der Waals surface area contributed by atoms with Crippen LogP contribution in [0.1, 0.15) is 157 Å². The molecule has 224 valence electrons. The highest BCUT2D eigenvalue weighted by Gasteiger charge is 2.47. The van der Waals surface area contributed by atoms with E-state index in [4.69, 9.17) is 13.9 Å². The molecule has 0 aromatic rings. The van der Waals surface area contributed by atoms with Gasteiger partial charge in [-0.15, -0.1) is 0 Å². The van der Waals surface area contributed by atoms with Crippen LogP contribution >= 0.6 is 8.53 Å². The van der Waals surface area contributed by atoms with Gasteiger partial charge >= 0.3 is 0 Å². The third-order valence-electron chi connectivity index (χ3n) is 8.91. The van der Waals surface area contributed by atoms with Crippen LogP contribution in [0.2, 0.25) is 0 Å². The summed E-state index contributed by atoms with van der Waals surface area (Å²) in [4.78, 5) is 6.68. The predicted molar refractivity (Wildman–Crippen MR) is 162 cm³/mol. The molecule has 2 heterocycles. The van der Waals surface area contributed by atoms with Gasteiger partial charge in [-0.1, -0.05) is 97.3 Å². The van der Waals surface area contributed by atoms with Crippen molar-refractivity contribution in [2.45, 2.75) is 174 Å². The Kier molecular flexibility index (Phi) is 13.8. The molecule has 0 spiro atoms. The second-order valence-corrected chi connectivity index (χ2v) is 16.1. The highest BCUT2D eigenvalue weighted by atomic mass is 31.2. The molecule has 1 saturated carbocycles. The van der Waals surface area contributed by atoms with Crippen LogP contribution in [0, 0.1) is 11.3 Å². The molecular formula is C32H63N2O3P. The van der Waals surface area contributed by atoms with Crippen molar-refractivity contribution in [2.75, 3.05) is 19.8 Å². The minimum absolute atomic E-state index is 0.134. The molecule has 38 heavy (non-hydrogen) atoms. The summed E-state index contributed by atoms with van der Waals surface area (Å²) in [6.45, 7) is 16.7. The molecule has 3 rings (SSSR count). The Morgan fingerprint density at radius 1 is 0.711 bits per heavy atom. The number of unbranched alkanes of at least 4 members (excludes halogenated alkanes) is 9. The van der Waals surface area contributed by atoms with Crippen LogP contribution in [0.5, 0.6) is 0 Å². The van der Waals surface area contributed by atoms with Crippen molar-refractivity contribution in [2.24, 2.45) is 11.3 Å². The topological polar surface area (TPSA) is 43.0 Å². The molecule has 3 fully saturated rings. The molecule has 0 radical (unpaired) electrons. The van der Waals surface area contributed by atoms with Crippen molar-refractivity contribution in [3.8, 4) is 0 Å². The van der Waals surface area contributed by atoms with Crippen molar-refractivity contribution >= 4 is 8.53 Å². The first-order valence-electron chi connectivity index (χ1n) is 16.3. The number of piperidine rings is 1. The Hall–Kier alpha value is 0.230. The molecule has 0 aromatic heterocycles. The van der Waals surface area contributed by atoms with E-state index in [1.54, 1.807) is 0 Å². The summed E-state index contributed by atoms with van der Waals surface area (Å²) in [5.74, 6) is 0.838. The molecule has 6 heteroatoms. The molecule has 3 aliphatic rings. The van der Waals surface area contributed by atoms with Crippen LogP contribution in [0.25, 0.3) is 0 Å². The van der Waals surface area contributed by atoms with Gasteiger partial charge in [0.25, 0.3) is 8.53 Å². The quantitative estimate of drug-likeness (QED) is 0.152. The lowest BCUT2D eigenvalue weighted by atomic mass is 9.73. The second kappa shape index (κ2) is 16.0. The monoisotopic (exact) mass is 554 g/mol. The summed E-state index contributed by atoms with van der Waals surface area (Å²) in [6, 6.07) is 0. The minimum atomic E-state index is -0.846. The number of hydrogen-bond donors (Lipinski definition) is 1. The van der Waals surface area contributed by atoms with Gasteiger partial charge in [-0.2, -0.15) is 5.06 Å². The van der Waals surface area contributed by atoms with Crippen molar-refractivity contribution in [3.63, 3.8) is 0 Å². The van der Waals surface area contributed by atoms with Gasteiger partial charge < -0.3 is 9.05 Å². The molecule has 1 aliphatic carbocycles. The molecule has 0 aromatic carbocycles. The van der Waals surface area contributed by atoms with Crippen LogP contribution in [-0.4, -0.2) is 42.0 Å². The largest absolute Gasteiger partial charge is 0.321 e. The normalized spacial score (nSPS) is 25.1. The Bertz CT molecular complexity index is 623. The lowest BCUT2D eigenvalue weighted by Crippen LogP contribution is -2.61. The van der Waals surface area contributed by atoms with Gasteiger partial charge in [-0.05, 0) is 65.7 Å². The maximum absolute atomic E-state index is 6.68. The van der Waals surface area contributed by atoms with E-state index >= 15 is 0 Å². The van der Waals surface area contributed by atoms with Crippen molar-refractivity contribution in [1.29, 1.82) is 0 Å². The predicted octanol–water partition coefficient (Wildman–Crippen LogP) is 9.70. The molecule has 0 bridgehead atoms. The van der Waals surface area contributed by atoms with E-state index in [2.05, 4.69) is 51.7 Å². The van der Waals surface area contributed by atoms with Crippen LogP contribution in [0.3, 0.4) is 0 Å². The van der Waals surface area contributed by atoms with Crippen molar-refractivity contribution in [3.05, 3.63) is 0 Å². The van der Waals surface area contributed by atoms with Gasteiger partial charge in [0, 0.05) is 23.0 Å². The Morgan fingerprint density at radius 2 is 1.21 bits per heavy atom. The molecule has 2 saturated heterocycles. The first-order chi connectivity index (χ1) is 18.1. The van der Waals surface area contributed by atoms with E-state index in [-0.39, 0.29) is 16.5 Å². The van der Waals surface area contributed by atoms with Gasteiger partial charge in [-0.3, -0.25) is 9.92 Å². The van der Waals surface area contributed by atoms with E-state index in [9.17, 15) is 0 Å². The maximum atomic E-state index is 6.68. The Labute approximate surface area is 237 Å². The highest BCUT2D eigenvalue weighted by Crippen LogP contribution is 2.45. The number of hydrogen-bond acceptors (Lipinski definition) is 5. The highest BCUT2D eigenvalue weighted by molar-refractivity contribution is 7.45. The average molecular weight is 555 g/mol. The van der Waals surface area contributed by atoms with Crippen LogP contribution < -0.4 is 5.09 Å². The van der Waals surface area contributed by atoms with E-state index in [0.717, 1.165) is 25.7 Å². The molecule has 5 nitrogen and oxygen atoms in total. The zero-order valence-corrected chi connectivity index (χ0v) is 27.0. The lowest BCUT2D eigenvalue weighted by Gasteiger charge is -2.55. The van der Waals surface area contributed by atoms with E-state index in [0.29, 0.717) is 6.10 Å². The third kappa shape index (κ3) is 11.6. The van der Waals surface area contributed by atoms with E-state index in [1.165, 1.54) is 116 Å². The fourth-order valence-corrected chi connectivity index (χ4v) is 8.59. The van der Waals surface area contributed by atoms with Gasteiger partial charge in [0.2, 0.25) is 0 Å². The smallest absolute Gasteiger partial charge is 0.255 e. The summed E-state index contributed by atoms with van der Waals surface area (Å²) in [7, 11) is -0.846. The molecule has 1 N–H and O–H groups in total. The minimum Gasteiger partial charge on any atom is -0.321 e. The van der Waals surface area contributed by atoms with Crippen LogP contribution in [0.15, 0.2) is 0 Å². The van der Waals surface area contributed by atoms with E-state index < -0.39 is 8.53 Å².